The molecule has 3 rings (SSSR count). The van der Waals surface area contributed by atoms with Gasteiger partial charge >= 0.3 is 0 Å². The second kappa shape index (κ2) is 5.16. The Morgan fingerprint density at radius 3 is 2.63 bits per heavy atom. The molecule has 0 bridgehead atoms. The van der Waals surface area contributed by atoms with Gasteiger partial charge in [-0.3, -0.25) is 0 Å². The smallest absolute Gasteiger partial charge is 0.0412 e. The van der Waals surface area contributed by atoms with E-state index < -0.39 is 0 Å². The van der Waals surface area contributed by atoms with Crippen molar-refractivity contribution < 1.29 is 0 Å². The third kappa shape index (κ3) is 2.64. The van der Waals surface area contributed by atoms with E-state index in [1.807, 2.05) is 0 Å². The highest BCUT2D eigenvalue weighted by molar-refractivity contribution is 5.52. The lowest BCUT2D eigenvalue weighted by Gasteiger charge is -2.42. The zero-order chi connectivity index (χ0) is 13.4. The van der Waals surface area contributed by atoms with Gasteiger partial charge in [0.05, 0.1) is 0 Å². The average Bonchev–Trinajstić information content (AvgIpc) is 3.26. The number of aryl methyl sites for hydroxylation is 2. The minimum Gasteiger partial charge on any atom is -0.366 e. The number of nitrogens with zero attached hydrogens (tertiary/aromatic N) is 1. The summed E-state index contributed by atoms with van der Waals surface area (Å²) in [6.07, 6.45) is 4.07. The van der Waals surface area contributed by atoms with E-state index in [2.05, 4.69) is 49.2 Å². The van der Waals surface area contributed by atoms with Crippen molar-refractivity contribution in [2.24, 2.45) is 5.92 Å². The van der Waals surface area contributed by atoms with Crippen LogP contribution in [0.3, 0.4) is 0 Å². The molecule has 2 unspecified atom stereocenters. The molecule has 0 spiro atoms. The Morgan fingerprint density at radius 1 is 1.21 bits per heavy atom. The predicted molar refractivity (Wildman–Crippen MR) is 81.9 cm³/mol. The van der Waals surface area contributed by atoms with Gasteiger partial charge in [0, 0.05) is 30.9 Å². The second-order valence-electron chi connectivity index (χ2n) is 6.34. The molecule has 1 aliphatic carbocycles. The van der Waals surface area contributed by atoms with Crippen molar-refractivity contribution in [3.05, 3.63) is 29.3 Å². The third-order valence-corrected chi connectivity index (χ3v) is 4.93. The van der Waals surface area contributed by atoms with E-state index in [1.54, 1.807) is 0 Å². The Morgan fingerprint density at radius 2 is 2.00 bits per heavy atom. The molecule has 2 heteroatoms. The SMILES string of the molecule is CCC1CNC(C2CC2)CN1c1ccc(C)c(C)c1. The summed E-state index contributed by atoms with van der Waals surface area (Å²) in [4.78, 5) is 2.64. The molecule has 2 aliphatic rings. The van der Waals surface area contributed by atoms with Crippen LogP contribution in [0.2, 0.25) is 0 Å². The minimum atomic E-state index is 0.650. The van der Waals surface area contributed by atoms with Crippen LogP contribution in [-0.4, -0.2) is 25.2 Å². The molecule has 2 nitrogen and oxygen atoms in total. The Labute approximate surface area is 117 Å². The molecule has 104 valence electrons. The molecular weight excluding hydrogens is 232 g/mol. The molecular formula is C17H26N2. The number of rotatable bonds is 3. The summed E-state index contributed by atoms with van der Waals surface area (Å²) in [7, 11) is 0. The summed E-state index contributed by atoms with van der Waals surface area (Å²) in [6, 6.07) is 8.31. The van der Waals surface area contributed by atoms with E-state index in [9.17, 15) is 0 Å². The van der Waals surface area contributed by atoms with Crippen molar-refractivity contribution in [1.82, 2.24) is 5.32 Å². The van der Waals surface area contributed by atoms with Gasteiger partial charge < -0.3 is 10.2 Å². The first-order chi connectivity index (χ1) is 9.19. The van der Waals surface area contributed by atoms with Crippen LogP contribution in [0, 0.1) is 19.8 Å². The highest BCUT2D eigenvalue weighted by Gasteiger charge is 2.36. The quantitative estimate of drug-likeness (QED) is 0.895. The third-order valence-electron chi connectivity index (χ3n) is 4.93. The molecule has 1 saturated heterocycles. The first-order valence-electron chi connectivity index (χ1n) is 7.76. The van der Waals surface area contributed by atoms with Gasteiger partial charge in [-0.05, 0) is 62.3 Å². The van der Waals surface area contributed by atoms with Gasteiger partial charge in [0.2, 0.25) is 0 Å². The zero-order valence-corrected chi connectivity index (χ0v) is 12.4. The largest absolute Gasteiger partial charge is 0.366 e. The van der Waals surface area contributed by atoms with Crippen LogP contribution < -0.4 is 10.2 Å². The molecule has 0 amide bonds. The molecule has 2 atom stereocenters. The van der Waals surface area contributed by atoms with Gasteiger partial charge in [-0.1, -0.05) is 13.0 Å². The lowest BCUT2D eigenvalue weighted by Crippen LogP contribution is -2.57. The minimum absolute atomic E-state index is 0.650. The first-order valence-corrected chi connectivity index (χ1v) is 7.76. The summed E-state index contributed by atoms with van der Waals surface area (Å²) in [5.41, 5.74) is 4.22. The molecule has 1 heterocycles. The summed E-state index contributed by atoms with van der Waals surface area (Å²) in [6.45, 7) is 9.05. The molecule has 1 N–H and O–H groups in total. The number of hydrogen-bond acceptors (Lipinski definition) is 2. The highest BCUT2D eigenvalue weighted by Crippen LogP contribution is 2.35. The Bertz CT molecular complexity index is 451. The van der Waals surface area contributed by atoms with E-state index in [0.29, 0.717) is 12.1 Å². The maximum Gasteiger partial charge on any atom is 0.0412 e. The first kappa shape index (κ1) is 13.0. The normalized spacial score (nSPS) is 27.6. The van der Waals surface area contributed by atoms with Gasteiger partial charge in [0.25, 0.3) is 0 Å². The number of hydrogen-bond donors (Lipinski definition) is 1. The van der Waals surface area contributed by atoms with Crippen molar-refractivity contribution >= 4 is 5.69 Å². The van der Waals surface area contributed by atoms with Gasteiger partial charge in [0.15, 0.2) is 0 Å². The number of piperazine rings is 1. The lowest BCUT2D eigenvalue weighted by molar-refractivity contribution is 0.360. The predicted octanol–water partition coefficient (Wildman–Crippen LogP) is 3.27. The van der Waals surface area contributed by atoms with Gasteiger partial charge in [-0.15, -0.1) is 0 Å². The van der Waals surface area contributed by atoms with E-state index in [0.717, 1.165) is 12.5 Å². The molecule has 2 fully saturated rings. The number of nitrogens with one attached hydrogen (secondary N) is 1. The van der Waals surface area contributed by atoms with Crippen LogP contribution in [0.5, 0.6) is 0 Å². The van der Waals surface area contributed by atoms with Crippen molar-refractivity contribution in [2.75, 3.05) is 18.0 Å². The van der Waals surface area contributed by atoms with Crippen LogP contribution in [0.1, 0.15) is 37.3 Å². The monoisotopic (exact) mass is 258 g/mol. The summed E-state index contributed by atoms with van der Waals surface area (Å²) < 4.78 is 0. The fourth-order valence-corrected chi connectivity index (χ4v) is 3.22. The van der Waals surface area contributed by atoms with Crippen molar-refractivity contribution in [3.8, 4) is 0 Å². The molecule has 1 aliphatic heterocycles. The molecule has 1 aromatic rings. The maximum atomic E-state index is 3.77. The summed E-state index contributed by atoms with van der Waals surface area (Å²) in [5, 5.41) is 3.77. The Hall–Kier alpha value is -1.02. The van der Waals surface area contributed by atoms with Gasteiger partial charge in [0.1, 0.15) is 0 Å². The molecule has 1 saturated carbocycles. The zero-order valence-electron chi connectivity index (χ0n) is 12.4. The van der Waals surface area contributed by atoms with Gasteiger partial charge in [-0.25, -0.2) is 0 Å². The Kier molecular flexibility index (Phi) is 3.53. The van der Waals surface area contributed by atoms with Crippen LogP contribution in [0.4, 0.5) is 5.69 Å². The maximum absolute atomic E-state index is 3.77. The van der Waals surface area contributed by atoms with Crippen molar-refractivity contribution in [1.29, 1.82) is 0 Å². The molecule has 0 radical (unpaired) electrons. The average molecular weight is 258 g/mol. The van der Waals surface area contributed by atoms with Crippen LogP contribution >= 0.6 is 0 Å². The second-order valence-corrected chi connectivity index (χ2v) is 6.34. The summed E-state index contributed by atoms with van der Waals surface area (Å²) in [5.74, 6) is 0.937. The van der Waals surface area contributed by atoms with Gasteiger partial charge in [-0.2, -0.15) is 0 Å². The van der Waals surface area contributed by atoms with E-state index in [1.165, 1.54) is 42.6 Å². The van der Waals surface area contributed by atoms with E-state index in [4.69, 9.17) is 0 Å². The fraction of sp³-hybridized carbons (Fsp3) is 0.647. The van der Waals surface area contributed by atoms with Crippen molar-refractivity contribution in [3.63, 3.8) is 0 Å². The molecule has 0 aromatic heterocycles. The fourth-order valence-electron chi connectivity index (χ4n) is 3.22. The van der Waals surface area contributed by atoms with E-state index >= 15 is 0 Å². The van der Waals surface area contributed by atoms with Crippen LogP contribution in [-0.2, 0) is 0 Å². The lowest BCUT2D eigenvalue weighted by atomic mass is 10.0. The number of benzene rings is 1. The highest BCUT2D eigenvalue weighted by atomic mass is 15.2. The molecule has 19 heavy (non-hydrogen) atoms. The topological polar surface area (TPSA) is 15.3 Å². The van der Waals surface area contributed by atoms with Crippen LogP contribution in [0.15, 0.2) is 18.2 Å². The van der Waals surface area contributed by atoms with Crippen LogP contribution in [0.25, 0.3) is 0 Å². The number of anilines is 1. The summed E-state index contributed by atoms with van der Waals surface area (Å²) >= 11 is 0. The van der Waals surface area contributed by atoms with Crippen molar-refractivity contribution in [2.45, 2.75) is 52.1 Å². The Balaban J connectivity index is 1.82. The van der Waals surface area contributed by atoms with E-state index in [-0.39, 0.29) is 0 Å². The standard InChI is InChI=1S/C17H26N2/c1-4-15-10-18-17(14-6-7-14)11-19(15)16-8-5-12(2)13(3)9-16/h5,8-9,14-15,17-18H,4,6-7,10-11H2,1-3H3. The molecule has 1 aromatic carbocycles.